The van der Waals surface area contributed by atoms with Gasteiger partial charge in [-0.05, 0) is 17.4 Å². The lowest BCUT2D eigenvalue weighted by Gasteiger charge is -2.30. The molecule has 1 aromatic rings. The van der Waals surface area contributed by atoms with Crippen LogP contribution in [0.25, 0.3) is 0 Å². The molecule has 2 amide bonds. The van der Waals surface area contributed by atoms with E-state index in [4.69, 9.17) is 10.5 Å². The zero-order valence-corrected chi connectivity index (χ0v) is 14.9. The number of rotatable bonds is 8. The second kappa shape index (κ2) is 9.05. The van der Waals surface area contributed by atoms with Gasteiger partial charge in [-0.2, -0.15) is 0 Å². The van der Waals surface area contributed by atoms with Crippen LogP contribution in [0.15, 0.2) is 30.3 Å². The summed E-state index contributed by atoms with van der Waals surface area (Å²) in [4.78, 5) is 36.2. The second-order valence-corrected chi connectivity index (χ2v) is 7.07. The molecule has 0 heterocycles. The van der Waals surface area contributed by atoms with Crippen LogP contribution in [-0.4, -0.2) is 40.6 Å². The average molecular weight is 350 g/mol. The van der Waals surface area contributed by atoms with E-state index in [1.54, 1.807) is 12.1 Å². The molecule has 0 radical (unpaired) electrons. The molecule has 0 aliphatic carbocycles. The number of hydrogen-bond donors (Lipinski definition) is 2. The van der Waals surface area contributed by atoms with E-state index in [2.05, 4.69) is 0 Å². The van der Waals surface area contributed by atoms with E-state index in [1.807, 2.05) is 39.0 Å². The van der Waals surface area contributed by atoms with Crippen molar-refractivity contribution in [1.82, 2.24) is 4.90 Å². The van der Waals surface area contributed by atoms with Crippen LogP contribution in [0.3, 0.4) is 0 Å². The number of hydrogen-bond acceptors (Lipinski definition) is 4. The molecule has 7 heteroatoms. The third-order valence-corrected chi connectivity index (χ3v) is 3.60. The normalized spacial score (nSPS) is 12.3. The molecule has 3 N–H and O–H groups in total. The summed E-state index contributed by atoms with van der Waals surface area (Å²) >= 11 is 0. The molecule has 1 rings (SSSR count). The molecule has 0 bridgehead atoms. The highest BCUT2D eigenvalue weighted by Gasteiger charge is 2.33. The Labute approximate surface area is 147 Å². The van der Waals surface area contributed by atoms with Gasteiger partial charge in [0.25, 0.3) is 0 Å². The molecule has 0 saturated heterocycles. The number of carboxylic acid groups (broad SMARTS) is 1. The predicted molar refractivity (Wildman–Crippen MR) is 92.6 cm³/mol. The van der Waals surface area contributed by atoms with Gasteiger partial charge in [0, 0.05) is 6.54 Å². The van der Waals surface area contributed by atoms with E-state index in [0.717, 1.165) is 10.5 Å². The van der Waals surface area contributed by atoms with Gasteiger partial charge in [0.1, 0.15) is 12.6 Å². The Balaban J connectivity index is 2.88. The number of nitrogens with two attached hydrogens (primary N) is 1. The maximum Gasteiger partial charge on any atom is 0.410 e. The van der Waals surface area contributed by atoms with Crippen LogP contribution in [0.4, 0.5) is 4.79 Å². The van der Waals surface area contributed by atoms with E-state index in [0.29, 0.717) is 6.42 Å². The lowest BCUT2D eigenvalue weighted by molar-refractivity contribution is -0.144. The minimum atomic E-state index is -1.34. The quantitative estimate of drug-likeness (QED) is 0.748. The molecule has 0 aliphatic heterocycles. The molecular weight excluding hydrogens is 324 g/mol. The minimum absolute atomic E-state index is 0.0224. The van der Waals surface area contributed by atoms with Gasteiger partial charge in [0.05, 0.1) is 6.42 Å². The van der Waals surface area contributed by atoms with Crippen molar-refractivity contribution in [2.24, 2.45) is 11.1 Å². The van der Waals surface area contributed by atoms with Crippen molar-refractivity contribution in [3.05, 3.63) is 35.9 Å². The van der Waals surface area contributed by atoms with E-state index >= 15 is 0 Å². The molecular formula is C18H26N2O5. The highest BCUT2D eigenvalue weighted by molar-refractivity contribution is 5.86. The fourth-order valence-corrected chi connectivity index (χ4v) is 2.15. The Morgan fingerprint density at radius 1 is 1.20 bits per heavy atom. The Morgan fingerprint density at radius 2 is 1.80 bits per heavy atom. The maximum absolute atomic E-state index is 12.4. The van der Waals surface area contributed by atoms with Gasteiger partial charge in [0.15, 0.2) is 0 Å². The Hall–Kier alpha value is -2.57. The van der Waals surface area contributed by atoms with Crippen molar-refractivity contribution < 1.29 is 24.2 Å². The summed E-state index contributed by atoms with van der Waals surface area (Å²) in [6, 6.07) is 7.72. The standard InChI is InChI=1S/C18H26N2O5/c1-18(2,3)9-10-20(14(16(22)23)11-15(19)21)17(24)25-12-13-7-5-4-6-8-13/h4-8,14H,9-12H2,1-3H3,(H2,19,21)(H,22,23)/t14-/m0/s1. The van der Waals surface area contributed by atoms with Crippen molar-refractivity contribution in [3.8, 4) is 0 Å². The van der Waals surface area contributed by atoms with Gasteiger partial charge in [-0.1, -0.05) is 51.1 Å². The summed E-state index contributed by atoms with van der Waals surface area (Å²) in [5.41, 5.74) is 5.80. The van der Waals surface area contributed by atoms with Crippen LogP contribution >= 0.6 is 0 Å². The lowest BCUT2D eigenvalue weighted by atomic mass is 9.92. The largest absolute Gasteiger partial charge is 0.480 e. The summed E-state index contributed by atoms with van der Waals surface area (Å²) in [5, 5.41) is 9.40. The van der Waals surface area contributed by atoms with Crippen molar-refractivity contribution >= 4 is 18.0 Å². The van der Waals surface area contributed by atoms with Gasteiger partial charge in [-0.3, -0.25) is 9.69 Å². The van der Waals surface area contributed by atoms with Crippen LogP contribution in [0.5, 0.6) is 0 Å². The minimum Gasteiger partial charge on any atom is -0.480 e. The smallest absolute Gasteiger partial charge is 0.410 e. The third-order valence-electron chi connectivity index (χ3n) is 3.60. The summed E-state index contributed by atoms with van der Waals surface area (Å²) < 4.78 is 5.24. The molecule has 0 spiro atoms. The Morgan fingerprint density at radius 3 is 2.28 bits per heavy atom. The first-order chi connectivity index (χ1) is 11.6. The molecule has 0 aliphatic rings. The van der Waals surface area contributed by atoms with Crippen molar-refractivity contribution in [2.75, 3.05) is 6.54 Å². The van der Waals surface area contributed by atoms with Crippen molar-refractivity contribution in [1.29, 1.82) is 0 Å². The van der Waals surface area contributed by atoms with Crippen molar-refractivity contribution in [3.63, 3.8) is 0 Å². The number of carbonyl (C=O) groups is 3. The predicted octanol–water partition coefficient (Wildman–Crippen LogP) is 2.39. The Kier molecular flexibility index (Phi) is 7.42. The topological polar surface area (TPSA) is 110 Å². The fourth-order valence-electron chi connectivity index (χ4n) is 2.15. The first-order valence-electron chi connectivity index (χ1n) is 8.08. The number of carboxylic acids is 1. The molecule has 7 nitrogen and oxygen atoms in total. The number of carbonyl (C=O) groups excluding carboxylic acids is 2. The summed E-state index contributed by atoms with van der Waals surface area (Å²) in [6.07, 6.45) is -0.683. The van der Waals surface area contributed by atoms with Gasteiger partial charge in [-0.15, -0.1) is 0 Å². The number of amides is 2. The van der Waals surface area contributed by atoms with Crippen LogP contribution in [0, 0.1) is 5.41 Å². The monoisotopic (exact) mass is 350 g/mol. The zero-order chi connectivity index (χ0) is 19.0. The van der Waals surface area contributed by atoms with Crippen LogP contribution in [0.2, 0.25) is 0 Å². The molecule has 0 saturated carbocycles. The highest BCUT2D eigenvalue weighted by Crippen LogP contribution is 2.21. The molecule has 1 atom stereocenters. The summed E-state index contributed by atoms with van der Waals surface area (Å²) in [5.74, 6) is -2.08. The maximum atomic E-state index is 12.4. The Bertz CT molecular complexity index is 595. The summed E-state index contributed by atoms with van der Waals surface area (Å²) in [7, 11) is 0. The number of nitrogens with zero attached hydrogens (tertiary/aromatic N) is 1. The number of primary amides is 1. The second-order valence-electron chi connectivity index (χ2n) is 7.07. The first kappa shape index (κ1) is 20.5. The van der Waals surface area contributed by atoms with Crippen LogP contribution < -0.4 is 5.73 Å². The fraction of sp³-hybridized carbons (Fsp3) is 0.500. The van der Waals surface area contributed by atoms with Gasteiger partial charge in [0.2, 0.25) is 5.91 Å². The summed E-state index contributed by atoms with van der Waals surface area (Å²) in [6.45, 7) is 6.11. The molecule has 0 fully saturated rings. The average Bonchev–Trinajstić information content (AvgIpc) is 2.51. The van der Waals surface area contributed by atoms with E-state index in [-0.39, 0.29) is 18.6 Å². The highest BCUT2D eigenvalue weighted by atomic mass is 16.6. The molecule has 1 aromatic carbocycles. The van der Waals surface area contributed by atoms with Gasteiger partial charge < -0.3 is 15.6 Å². The molecule has 25 heavy (non-hydrogen) atoms. The van der Waals surface area contributed by atoms with E-state index in [9.17, 15) is 19.5 Å². The zero-order valence-electron chi connectivity index (χ0n) is 14.9. The lowest BCUT2D eigenvalue weighted by Crippen LogP contribution is -2.48. The molecule has 0 unspecified atom stereocenters. The van der Waals surface area contributed by atoms with Crippen LogP contribution in [-0.2, 0) is 20.9 Å². The van der Waals surface area contributed by atoms with E-state index in [1.165, 1.54) is 0 Å². The molecule has 138 valence electrons. The SMILES string of the molecule is CC(C)(C)CCN(C(=O)OCc1ccccc1)[C@@H](CC(N)=O)C(=O)O. The third kappa shape index (κ3) is 7.69. The molecule has 0 aromatic heterocycles. The van der Waals surface area contributed by atoms with E-state index < -0.39 is 30.4 Å². The van der Waals surface area contributed by atoms with Gasteiger partial charge in [-0.25, -0.2) is 9.59 Å². The van der Waals surface area contributed by atoms with Crippen molar-refractivity contribution in [2.45, 2.75) is 46.3 Å². The first-order valence-corrected chi connectivity index (χ1v) is 8.08. The number of aliphatic carboxylic acids is 1. The number of benzene rings is 1. The number of ether oxygens (including phenoxy) is 1. The van der Waals surface area contributed by atoms with Gasteiger partial charge >= 0.3 is 12.1 Å². The van der Waals surface area contributed by atoms with Crippen LogP contribution in [0.1, 0.15) is 39.2 Å².